The molecule has 2 heterocycles. The first-order valence-corrected chi connectivity index (χ1v) is 8.37. The van der Waals surface area contributed by atoms with Gasteiger partial charge >= 0.3 is 5.97 Å². The fraction of sp³-hybridized carbons (Fsp3) is 0.500. The van der Waals surface area contributed by atoms with Crippen LogP contribution in [-0.2, 0) is 19.6 Å². The number of methoxy groups -OCH3 is 1. The maximum Gasteiger partial charge on any atom is 0.324 e. The van der Waals surface area contributed by atoms with Crippen molar-refractivity contribution < 1.29 is 17.9 Å². The van der Waals surface area contributed by atoms with Crippen molar-refractivity contribution >= 4 is 43.3 Å². The van der Waals surface area contributed by atoms with Gasteiger partial charge in [-0.25, -0.2) is 8.42 Å². The molecule has 1 atom stereocenters. The monoisotopic (exact) mass is 353 g/mol. The number of nitrogens with zero attached hydrogens (tertiary/aromatic N) is 1. The van der Waals surface area contributed by atoms with Gasteiger partial charge in [-0.15, -0.1) is 11.3 Å². The Hall–Kier alpha value is -0.440. The summed E-state index contributed by atoms with van der Waals surface area (Å²) in [5.41, 5.74) is 0. The molecule has 1 aliphatic rings. The summed E-state index contributed by atoms with van der Waals surface area (Å²) in [5.74, 6) is -0.494. The third kappa shape index (κ3) is 2.47. The molecule has 0 aliphatic carbocycles. The highest BCUT2D eigenvalue weighted by atomic mass is 79.9. The van der Waals surface area contributed by atoms with Crippen LogP contribution in [0.2, 0.25) is 0 Å². The largest absolute Gasteiger partial charge is 0.468 e. The molecule has 1 aliphatic heterocycles. The lowest BCUT2D eigenvalue weighted by Crippen LogP contribution is -2.40. The summed E-state index contributed by atoms with van der Waals surface area (Å²) in [5, 5.41) is 0. The number of hydrogen-bond donors (Lipinski definition) is 0. The van der Waals surface area contributed by atoms with Crippen LogP contribution in [-0.4, -0.2) is 38.4 Å². The predicted molar refractivity (Wildman–Crippen MR) is 70.9 cm³/mol. The number of esters is 1. The van der Waals surface area contributed by atoms with E-state index in [-0.39, 0.29) is 4.21 Å². The van der Waals surface area contributed by atoms with Crippen molar-refractivity contribution in [2.75, 3.05) is 13.7 Å². The minimum absolute atomic E-state index is 0.241. The van der Waals surface area contributed by atoms with Crippen LogP contribution >= 0.6 is 27.3 Å². The van der Waals surface area contributed by atoms with Crippen molar-refractivity contribution in [1.82, 2.24) is 4.31 Å². The lowest BCUT2D eigenvalue weighted by molar-refractivity contribution is -0.144. The van der Waals surface area contributed by atoms with Crippen LogP contribution in [0.25, 0.3) is 0 Å². The van der Waals surface area contributed by atoms with E-state index in [1.54, 1.807) is 6.07 Å². The molecule has 0 bridgehead atoms. The fourth-order valence-electron chi connectivity index (χ4n) is 1.95. The molecule has 1 aromatic rings. The zero-order valence-corrected chi connectivity index (χ0v) is 12.8. The van der Waals surface area contributed by atoms with Gasteiger partial charge in [0.1, 0.15) is 10.3 Å². The Morgan fingerprint density at radius 2 is 2.28 bits per heavy atom. The first-order chi connectivity index (χ1) is 8.46. The molecule has 0 radical (unpaired) electrons. The third-order valence-electron chi connectivity index (χ3n) is 2.79. The Labute approximate surface area is 118 Å². The van der Waals surface area contributed by atoms with Crippen molar-refractivity contribution in [3.8, 4) is 0 Å². The van der Waals surface area contributed by atoms with Crippen molar-refractivity contribution in [2.45, 2.75) is 23.1 Å². The molecule has 1 aromatic heterocycles. The molecule has 100 valence electrons. The summed E-state index contributed by atoms with van der Waals surface area (Å²) < 4.78 is 31.6. The van der Waals surface area contributed by atoms with E-state index in [0.717, 1.165) is 15.1 Å². The normalized spacial score (nSPS) is 21.1. The molecule has 1 saturated heterocycles. The first kappa shape index (κ1) is 14.0. The Balaban J connectivity index is 2.32. The van der Waals surface area contributed by atoms with E-state index in [4.69, 9.17) is 0 Å². The topological polar surface area (TPSA) is 63.7 Å². The highest BCUT2D eigenvalue weighted by Crippen LogP contribution is 2.32. The van der Waals surface area contributed by atoms with E-state index in [9.17, 15) is 13.2 Å². The number of hydrogen-bond acceptors (Lipinski definition) is 5. The number of carbonyl (C=O) groups is 1. The quantitative estimate of drug-likeness (QED) is 0.777. The molecular weight excluding hydrogens is 342 g/mol. The second-order valence-electron chi connectivity index (χ2n) is 3.86. The van der Waals surface area contributed by atoms with Gasteiger partial charge in [-0.1, -0.05) is 0 Å². The lowest BCUT2D eigenvalue weighted by Gasteiger charge is -2.21. The summed E-state index contributed by atoms with van der Waals surface area (Å²) >= 11 is 4.37. The summed E-state index contributed by atoms with van der Waals surface area (Å²) in [6.45, 7) is 0.359. The lowest BCUT2D eigenvalue weighted by atomic mass is 10.2. The maximum atomic E-state index is 12.4. The van der Waals surface area contributed by atoms with Crippen molar-refractivity contribution in [3.05, 3.63) is 15.9 Å². The van der Waals surface area contributed by atoms with Gasteiger partial charge in [0.25, 0.3) is 10.0 Å². The van der Waals surface area contributed by atoms with Gasteiger partial charge in [0.15, 0.2) is 0 Å². The molecule has 8 heteroatoms. The second-order valence-corrected chi connectivity index (χ2v) is 8.44. The molecule has 0 saturated carbocycles. The van der Waals surface area contributed by atoms with Crippen LogP contribution in [0.1, 0.15) is 12.8 Å². The molecule has 0 N–H and O–H groups in total. The van der Waals surface area contributed by atoms with Crippen LogP contribution in [0.4, 0.5) is 0 Å². The Morgan fingerprint density at radius 1 is 1.56 bits per heavy atom. The maximum absolute atomic E-state index is 12.4. The van der Waals surface area contributed by atoms with Gasteiger partial charge in [0.05, 0.1) is 10.9 Å². The number of carbonyl (C=O) groups excluding carboxylic acids is 1. The minimum Gasteiger partial charge on any atom is -0.468 e. The van der Waals surface area contributed by atoms with Crippen LogP contribution in [0, 0.1) is 0 Å². The van der Waals surface area contributed by atoms with Gasteiger partial charge in [-0.3, -0.25) is 4.79 Å². The Morgan fingerprint density at radius 3 is 2.83 bits per heavy atom. The van der Waals surface area contributed by atoms with Gasteiger partial charge in [0, 0.05) is 6.54 Å². The van der Waals surface area contributed by atoms with Gasteiger partial charge in [0.2, 0.25) is 0 Å². The van der Waals surface area contributed by atoms with Gasteiger partial charge < -0.3 is 4.74 Å². The van der Waals surface area contributed by atoms with Crippen molar-refractivity contribution in [1.29, 1.82) is 0 Å². The molecule has 1 unspecified atom stereocenters. The molecule has 2 rings (SSSR count). The molecule has 5 nitrogen and oxygen atoms in total. The average molecular weight is 354 g/mol. The number of sulfonamides is 1. The number of halogens is 1. The van der Waals surface area contributed by atoms with E-state index in [1.807, 2.05) is 0 Å². The summed E-state index contributed by atoms with van der Waals surface area (Å²) in [6, 6.07) is 2.53. The van der Waals surface area contributed by atoms with Crippen LogP contribution in [0.15, 0.2) is 20.1 Å². The molecule has 1 fully saturated rings. The van der Waals surface area contributed by atoms with Gasteiger partial charge in [-0.2, -0.15) is 4.31 Å². The Kier molecular flexibility index (Phi) is 4.10. The summed E-state index contributed by atoms with van der Waals surface area (Å²) in [7, 11) is -2.33. The number of ether oxygens (including phenoxy) is 1. The SMILES string of the molecule is COC(=O)C1CCCN1S(=O)(=O)c1ccc(Br)s1. The second kappa shape index (κ2) is 5.28. The Bertz CT molecular complexity index is 554. The third-order valence-corrected chi connectivity index (χ3v) is 6.79. The van der Waals surface area contributed by atoms with E-state index >= 15 is 0 Å². The van der Waals surface area contributed by atoms with E-state index < -0.39 is 22.0 Å². The standard InChI is InChI=1S/C10H12BrNO4S2/c1-16-10(13)7-3-2-6-12(7)18(14,15)9-5-4-8(11)17-9/h4-5,7H,2-3,6H2,1H3. The summed E-state index contributed by atoms with van der Waals surface area (Å²) in [6.07, 6.45) is 1.18. The summed E-state index contributed by atoms with van der Waals surface area (Å²) in [4.78, 5) is 11.6. The highest BCUT2D eigenvalue weighted by molar-refractivity contribution is 9.11. The van der Waals surface area contributed by atoms with Gasteiger partial charge in [-0.05, 0) is 40.9 Å². The smallest absolute Gasteiger partial charge is 0.324 e. The van der Waals surface area contributed by atoms with E-state index in [2.05, 4.69) is 20.7 Å². The van der Waals surface area contributed by atoms with Crippen LogP contribution in [0.3, 0.4) is 0 Å². The molecule has 0 aromatic carbocycles. The molecule has 0 amide bonds. The van der Waals surface area contributed by atoms with E-state index in [1.165, 1.54) is 17.5 Å². The molecule has 18 heavy (non-hydrogen) atoms. The molecule has 0 spiro atoms. The predicted octanol–water partition coefficient (Wildman–Crippen LogP) is 1.84. The molecular formula is C10H12BrNO4S2. The van der Waals surface area contributed by atoms with Crippen molar-refractivity contribution in [2.24, 2.45) is 0 Å². The zero-order valence-electron chi connectivity index (χ0n) is 9.63. The van der Waals surface area contributed by atoms with Crippen LogP contribution < -0.4 is 0 Å². The number of rotatable bonds is 3. The minimum atomic E-state index is -3.60. The average Bonchev–Trinajstić information content (AvgIpc) is 2.96. The van der Waals surface area contributed by atoms with Crippen LogP contribution in [0.5, 0.6) is 0 Å². The highest BCUT2D eigenvalue weighted by Gasteiger charge is 2.40. The first-order valence-electron chi connectivity index (χ1n) is 5.32. The fourth-order valence-corrected chi connectivity index (χ4v) is 5.74. The van der Waals surface area contributed by atoms with Crippen molar-refractivity contribution in [3.63, 3.8) is 0 Å². The zero-order chi connectivity index (χ0) is 13.3. The number of thiophene rings is 1. The van der Waals surface area contributed by atoms with E-state index in [0.29, 0.717) is 19.4 Å².